The molecular formula is C21H18N4OS. The molecule has 0 unspecified atom stereocenters. The molecule has 0 saturated heterocycles. The minimum Gasteiger partial charge on any atom is -0.301 e. The number of rotatable bonds is 5. The summed E-state index contributed by atoms with van der Waals surface area (Å²) in [6.07, 6.45) is 5.68. The van der Waals surface area contributed by atoms with Crippen LogP contribution in [0.25, 0.3) is 22.8 Å². The highest BCUT2D eigenvalue weighted by Gasteiger charge is 2.11. The van der Waals surface area contributed by atoms with E-state index in [4.69, 9.17) is 0 Å². The molecule has 6 heteroatoms. The number of aromatic amines is 1. The summed E-state index contributed by atoms with van der Waals surface area (Å²) in [6.45, 7) is 2.02. The van der Waals surface area contributed by atoms with Crippen LogP contribution in [0.2, 0.25) is 0 Å². The first-order valence-electron chi connectivity index (χ1n) is 8.60. The molecule has 0 saturated carbocycles. The Bertz CT molecular complexity index is 1160. The topological polar surface area (TPSA) is 63.6 Å². The first-order valence-corrected chi connectivity index (χ1v) is 9.59. The van der Waals surface area contributed by atoms with E-state index in [1.807, 2.05) is 61.5 Å². The molecule has 0 atom stereocenters. The zero-order chi connectivity index (χ0) is 18.6. The molecule has 0 aliphatic heterocycles. The van der Waals surface area contributed by atoms with Gasteiger partial charge in [0.2, 0.25) is 0 Å². The van der Waals surface area contributed by atoms with E-state index in [2.05, 4.69) is 27.2 Å². The molecule has 2 aromatic heterocycles. The van der Waals surface area contributed by atoms with Crippen LogP contribution in [-0.4, -0.2) is 25.5 Å². The summed E-state index contributed by atoms with van der Waals surface area (Å²) in [6, 6.07) is 18.1. The highest BCUT2D eigenvalue weighted by Crippen LogP contribution is 2.18. The highest BCUT2D eigenvalue weighted by atomic mass is 32.2. The number of nitrogens with one attached hydrogen (secondary N) is 1. The molecule has 0 radical (unpaired) electrons. The second-order valence-corrected chi connectivity index (χ2v) is 7.14. The average Bonchev–Trinajstić information content (AvgIpc) is 3.11. The van der Waals surface area contributed by atoms with E-state index in [-0.39, 0.29) is 5.56 Å². The fourth-order valence-electron chi connectivity index (χ4n) is 2.79. The Morgan fingerprint density at radius 1 is 1.15 bits per heavy atom. The number of fused-ring (bicyclic) bond motifs is 1. The number of aryl methyl sites for hydroxylation is 1. The Morgan fingerprint density at radius 3 is 2.81 bits per heavy atom. The van der Waals surface area contributed by atoms with Crippen LogP contribution in [0.1, 0.15) is 11.1 Å². The number of nitrogens with zero attached hydrogens (tertiary/aromatic N) is 3. The lowest BCUT2D eigenvalue weighted by Gasteiger charge is -2.05. The molecule has 0 fully saturated rings. The number of aromatic nitrogens is 4. The van der Waals surface area contributed by atoms with Crippen molar-refractivity contribution in [3.63, 3.8) is 0 Å². The van der Waals surface area contributed by atoms with Gasteiger partial charge in [-0.1, -0.05) is 66.4 Å². The minimum atomic E-state index is -0.173. The van der Waals surface area contributed by atoms with Gasteiger partial charge < -0.3 is 4.98 Å². The number of thioether (sulfide) groups is 1. The third-order valence-corrected chi connectivity index (χ3v) is 4.91. The van der Waals surface area contributed by atoms with Crippen molar-refractivity contribution in [2.75, 3.05) is 5.75 Å². The molecule has 2 heterocycles. The molecule has 1 N–H and O–H groups in total. The van der Waals surface area contributed by atoms with Crippen LogP contribution in [0.5, 0.6) is 0 Å². The highest BCUT2D eigenvalue weighted by molar-refractivity contribution is 7.99. The van der Waals surface area contributed by atoms with E-state index < -0.39 is 0 Å². The fourth-order valence-corrected chi connectivity index (χ4v) is 3.46. The van der Waals surface area contributed by atoms with E-state index in [1.165, 1.54) is 11.8 Å². The van der Waals surface area contributed by atoms with Gasteiger partial charge in [-0.2, -0.15) is 5.10 Å². The van der Waals surface area contributed by atoms with E-state index in [1.54, 1.807) is 10.9 Å². The predicted molar refractivity (Wildman–Crippen MR) is 110 cm³/mol. The Morgan fingerprint density at radius 2 is 2.00 bits per heavy atom. The minimum absolute atomic E-state index is 0.173. The van der Waals surface area contributed by atoms with Gasteiger partial charge in [-0.25, -0.2) is 9.67 Å². The van der Waals surface area contributed by atoms with Gasteiger partial charge in [-0.15, -0.1) is 0 Å². The molecule has 0 bridgehead atoms. The van der Waals surface area contributed by atoms with Gasteiger partial charge in [0.05, 0.1) is 11.9 Å². The largest absolute Gasteiger partial charge is 0.301 e. The summed E-state index contributed by atoms with van der Waals surface area (Å²) in [5, 5.41) is 5.43. The monoisotopic (exact) mass is 374 g/mol. The molecule has 5 nitrogen and oxygen atoms in total. The van der Waals surface area contributed by atoms with Gasteiger partial charge in [0.15, 0.2) is 10.8 Å². The van der Waals surface area contributed by atoms with Crippen molar-refractivity contribution < 1.29 is 0 Å². The average molecular weight is 374 g/mol. The predicted octanol–water partition coefficient (Wildman–Crippen LogP) is 4.22. The smallest absolute Gasteiger partial charge is 0.262 e. The van der Waals surface area contributed by atoms with Crippen LogP contribution in [0.4, 0.5) is 0 Å². The van der Waals surface area contributed by atoms with Gasteiger partial charge in [0, 0.05) is 5.75 Å². The van der Waals surface area contributed by atoms with Gasteiger partial charge in [-0.3, -0.25) is 4.79 Å². The molecule has 27 heavy (non-hydrogen) atoms. The second-order valence-electron chi connectivity index (χ2n) is 6.13. The Labute approximate surface area is 160 Å². The number of H-pyrrole nitrogens is 1. The molecular weight excluding hydrogens is 356 g/mol. The lowest BCUT2D eigenvalue weighted by atomic mass is 10.2. The standard InChI is InChI=1S/C21H18N4OS/c1-15-7-5-11-17(13-15)25-19-18(14-22-25)20(26)24-21(23-19)27-12-6-10-16-8-3-2-4-9-16/h2-11,13-14H,12H2,1H3,(H,23,24,26). The molecule has 0 aliphatic rings. The quantitative estimate of drug-likeness (QED) is 0.420. The third-order valence-electron chi connectivity index (χ3n) is 4.09. The number of hydrogen-bond acceptors (Lipinski definition) is 4. The molecule has 2 aromatic carbocycles. The van der Waals surface area contributed by atoms with Crippen LogP contribution < -0.4 is 5.56 Å². The summed E-state index contributed by atoms with van der Waals surface area (Å²) in [7, 11) is 0. The SMILES string of the molecule is Cc1cccc(-n2ncc3c(=O)[nH]c(SCC=Cc4ccccc4)nc32)c1. The second kappa shape index (κ2) is 7.63. The molecule has 4 aromatic rings. The molecule has 0 amide bonds. The Hall–Kier alpha value is -3.12. The third kappa shape index (κ3) is 3.85. The van der Waals surface area contributed by atoms with Crippen molar-refractivity contribution in [2.24, 2.45) is 0 Å². The Balaban J connectivity index is 1.60. The zero-order valence-corrected chi connectivity index (χ0v) is 15.6. The summed E-state index contributed by atoms with van der Waals surface area (Å²) in [5.41, 5.74) is 3.56. The maximum atomic E-state index is 12.4. The van der Waals surface area contributed by atoms with Gasteiger partial charge in [0.25, 0.3) is 5.56 Å². The summed E-state index contributed by atoms with van der Waals surface area (Å²) in [5.74, 6) is 0.710. The summed E-state index contributed by atoms with van der Waals surface area (Å²) in [4.78, 5) is 19.8. The number of hydrogen-bond donors (Lipinski definition) is 1. The van der Waals surface area contributed by atoms with E-state index in [0.29, 0.717) is 21.9 Å². The number of benzene rings is 2. The van der Waals surface area contributed by atoms with Crippen molar-refractivity contribution >= 4 is 28.9 Å². The van der Waals surface area contributed by atoms with E-state index in [9.17, 15) is 4.79 Å². The van der Waals surface area contributed by atoms with Gasteiger partial charge >= 0.3 is 0 Å². The Kier molecular flexibility index (Phi) is 4.89. The van der Waals surface area contributed by atoms with Gasteiger partial charge in [0.1, 0.15) is 5.39 Å². The van der Waals surface area contributed by atoms with Crippen molar-refractivity contribution in [2.45, 2.75) is 12.1 Å². The zero-order valence-electron chi connectivity index (χ0n) is 14.8. The van der Waals surface area contributed by atoms with Crippen LogP contribution >= 0.6 is 11.8 Å². The van der Waals surface area contributed by atoms with Crippen LogP contribution in [0, 0.1) is 6.92 Å². The molecule has 0 aliphatic carbocycles. The van der Waals surface area contributed by atoms with Gasteiger partial charge in [-0.05, 0) is 30.2 Å². The van der Waals surface area contributed by atoms with Crippen molar-refractivity contribution in [3.8, 4) is 5.69 Å². The molecule has 4 rings (SSSR count). The maximum absolute atomic E-state index is 12.4. The molecule has 134 valence electrons. The summed E-state index contributed by atoms with van der Waals surface area (Å²) < 4.78 is 1.71. The van der Waals surface area contributed by atoms with E-state index >= 15 is 0 Å². The van der Waals surface area contributed by atoms with Crippen molar-refractivity contribution in [1.29, 1.82) is 0 Å². The maximum Gasteiger partial charge on any atom is 0.262 e. The normalized spacial score (nSPS) is 11.4. The lowest BCUT2D eigenvalue weighted by molar-refractivity contribution is 0.872. The van der Waals surface area contributed by atoms with Crippen molar-refractivity contribution in [1.82, 2.24) is 19.7 Å². The van der Waals surface area contributed by atoms with Crippen LogP contribution in [0.15, 0.2) is 76.8 Å². The molecule has 0 spiro atoms. The van der Waals surface area contributed by atoms with E-state index in [0.717, 1.165) is 16.8 Å². The van der Waals surface area contributed by atoms with Crippen LogP contribution in [0.3, 0.4) is 0 Å². The summed E-state index contributed by atoms with van der Waals surface area (Å²) >= 11 is 1.48. The van der Waals surface area contributed by atoms with Crippen molar-refractivity contribution in [3.05, 3.63) is 88.4 Å². The van der Waals surface area contributed by atoms with Crippen LogP contribution in [-0.2, 0) is 0 Å². The first kappa shape index (κ1) is 17.3. The first-order chi connectivity index (χ1) is 13.2. The lowest BCUT2D eigenvalue weighted by Crippen LogP contribution is -2.09. The fraction of sp³-hybridized carbons (Fsp3) is 0.0952.